The lowest BCUT2D eigenvalue weighted by molar-refractivity contribution is 0.276. The molecule has 2 aromatic carbocycles. The summed E-state index contributed by atoms with van der Waals surface area (Å²) in [5.41, 5.74) is 1.53. The van der Waals surface area contributed by atoms with Crippen molar-refractivity contribution in [3.05, 3.63) is 57.3 Å². The van der Waals surface area contributed by atoms with Crippen molar-refractivity contribution in [2.45, 2.75) is 30.3 Å². The molecule has 0 radical (unpaired) electrons. The average molecular weight is 433 g/mol. The molecular weight excluding hydrogens is 412 g/mol. The number of hydrogen-bond acceptors (Lipinski definition) is 6. The highest BCUT2D eigenvalue weighted by molar-refractivity contribution is 7.98. The van der Waals surface area contributed by atoms with E-state index in [1.807, 2.05) is 30.3 Å². The number of nitrogens with zero attached hydrogens (tertiary/aromatic N) is 2. The maximum Gasteiger partial charge on any atom is 0.262 e. The Morgan fingerprint density at radius 1 is 1.21 bits per heavy atom. The predicted molar refractivity (Wildman–Crippen MR) is 114 cm³/mol. The van der Waals surface area contributed by atoms with E-state index in [2.05, 4.69) is 4.98 Å². The van der Waals surface area contributed by atoms with Gasteiger partial charge in [-0.05, 0) is 36.2 Å². The Labute approximate surface area is 177 Å². The lowest BCUT2D eigenvalue weighted by Crippen LogP contribution is -2.24. The lowest BCUT2D eigenvalue weighted by Gasteiger charge is -2.14. The fraction of sp³-hybridized carbons (Fsp3) is 0.333. The summed E-state index contributed by atoms with van der Waals surface area (Å²) in [5, 5.41) is 10.9. The molecule has 0 fully saturated rings. The highest BCUT2D eigenvalue weighted by atomic mass is 35.5. The number of fused-ring (bicyclic) bond motifs is 2. The molecule has 1 aliphatic heterocycles. The third-order valence-corrected chi connectivity index (χ3v) is 5.92. The van der Waals surface area contributed by atoms with Gasteiger partial charge < -0.3 is 14.6 Å². The molecule has 1 aliphatic rings. The van der Waals surface area contributed by atoms with Gasteiger partial charge in [0.1, 0.15) is 0 Å². The Hall–Kier alpha value is -2.22. The Balaban J connectivity index is 1.65. The van der Waals surface area contributed by atoms with Crippen LogP contribution in [0.5, 0.6) is 11.5 Å². The van der Waals surface area contributed by atoms with Crippen LogP contribution in [0.4, 0.5) is 0 Å². The Morgan fingerprint density at radius 2 is 2.03 bits per heavy atom. The standard InChI is InChI=1S/C21H21ClN2O4S/c22-16-11-14(12-18-19(16)28-10-4-9-27-18)13-29-21-23-17-6-2-1-5-15(17)20(26)24(21)7-3-8-25/h1-2,5-6,11-12,25H,3-4,7-10,13H2. The molecule has 1 N–H and O–H groups in total. The van der Waals surface area contributed by atoms with E-state index in [9.17, 15) is 9.90 Å². The number of rotatable bonds is 6. The van der Waals surface area contributed by atoms with E-state index in [0.29, 0.717) is 64.5 Å². The van der Waals surface area contributed by atoms with Crippen LogP contribution in [-0.2, 0) is 12.3 Å². The van der Waals surface area contributed by atoms with Crippen molar-refractivity contribution in [1.82, 2.24) is 9.55 Å². The minimum Gasteiger partial charge on any atom is -0.489 e. The summed E-state index contributed by atoms with van der Waals surface area (Å²) in [6.45, 7) is 1.60. The van der Waals surface area contributed by atoms with Crippen molar-refractivity contribution in [3.8, 4) is 11.5 Å². The number of aliphatic hydroxyl groups excluding tert-OH is 1. The van der Waals surface area contributed by atoms with Crippen LogP contribution in [-0.4, -0.2) is 34.5 Å². The number of hydrogen-bond donors (Lipinski definition) is 1. The van der Waals surface area contributed by atoms with E-state index in [0.717, 1.165) is 12.0 Å². The Morgan fingerprint density at radius 3 is 2.90 bits per heavy atom. The largest absolute Gasteiger partial charge is 0.489 e. The van der Waals surface area contributed by atoms with E-state index < -0.39 is 0 Å². The van der Waals surface area contributed by atoms with Gasteiger partial charge >= 0.3 is 0 Å². The van der Waals surface area contributed by atoms with Crippen molar-refractivity contribution in [2.24, 2.45) is 0 Å². The number of ether oxygens (including phenoxy) is 2. The zero-order valence-electron chi connectivity index (χ0n) is 15.8. The van der Waals surface area contributed by atoms with Crippen LogP contribution >= 0.6 is 23.4 Å². The van der Waals surface area contributed by atoms with E-state index in [1.54, 1.807) is 10.6 Å². The van der Waals surface area contributed by atoms with Gasteiger partial charge in [0.2, 0.25) is 0 Å². The van der Waals surface area contributed by atoms with Crippen LogP contribution in [0.2, 0.25) is 5.02 Å². The molecule has 8 heteroatoms. The molecule has 0 atom stereocenters. The van der Waals surface area contributed by atoms with Crippen molar-refractivity contribution in [3.63, 3.8) is 0 Å². The van der Waals surface area contributed by atoms with Crippen molar-refractivity contribution < 1.29 is 14.6 Å². The second kappa shape index (κ2) is 9.07. The molecule has 4 rings (SSSR count). The van der Waals surface area contributed by atoms with Gasteiger partial charge in [-0.15, -0.1) is 0 Å². The number of benzene rings is 2. The SMILES string of the molecule is O=c1c2ccccc2nc(SCc2cc(Cl)c3c(c2)OCCCO3)n1CCCO. The van der Waals surface area contributed by atoms with E-state index in [4.69, 9.17) is 21.1 Å². The smallest absolute Gasteiger partial charge is 0.262 e. The number of thioether (sulfide) groups is 1. The predicted octanol–water partition coefficient (Wildman–Crippen LogP) is 3.89. The molecule has 0 saturated heterocycles. The van der Waals surface area contributed by atoms with Gasteiger partial charge in [-0.3, -0.25) is 9.36 Å². The third kappa shape index (κ3) is 4.37. The normalized spacial score (nSPS) is 13.4. The summed E-state index contributed by atoms with van der Waals surface area (Å²) < 4.78 is 13.1. The molecule has 2 heterocycles. The third-order valence-electron chi connectivity index (χ3n) is 4.60. The van der Waals surface area contributed by atoms with Gasteiger partial charge in [-0.25, -0.2) is 4.98 Å². The number of halogens is 1. The number of aromatic nitrogens is 2. The van der Waals surface area contributed by atoms with Crippen LogP contribution in [0.1, 0.15) is 18.4 Å². The van der Waals surface area contributed by atoms with Gasteiger partial charge in [0.25, 0.3) is 5.56 Å². The molecule has 3 aromatic rings. The molecule has 29 heavy (non-hydrogen) atoms. The van der Waals surface area contributed by atoms with Crippen LogP contribution in [0.3, 0.4) is 0 Å². The molecule has 0 amide bonds. The highest BCUT2D eigenvalue weighted by Gasteiger charge is 2.17. The van der Waals surface area contributed by atoms with Crippen LogP contribution in [0.25, 0.3) is 10.9 Å². The zero-order valence-corrected chi connectivity index (χ0v) is 17.3. The molecule has 1 aromatic heterocycles. The molecule has 0 aliphatic carbocycles. The zero-order chi connectivity index (χ0) is 20.2. The fourth-order valence-electron chi connectivity index (χ4n) is 3.20. The van der Waals surface area contributed by atoms with Gasteiger partial charge in [0, 0.05) is 25.3 Å². The minimum absolute atomic E-state index is 0.0150. The van der Waals surface area contributed by atoms with Crippen molar-refractivity contribution in [2.75, 3.05) is 19.8 Å². The summed E-state index contributed by atoms with van der Waals surface area (Å²) in [6, 6.07) is 11.1. The molecule has 152 valence electrons. The minimum atomic E-state index is -0.0942. The summed E-state index contributed by atoms with van der Waals surface area (Å²) in [4.78, 5) is 17.6. The highest BCUT2D eigenvalue weighted by Crippen LogP contribution is 2.39. The second-order valence-corrected chi connectivity index (χ2v) is 8.04. The summed E-state index contributed by atoms with van der Waals surface area (Å²) >= 11 is 7.85. The van der Waals surface area contributed by atoms with E-state index in [1.165, 1.54) is 11.8 Å². The fourth-order valence-corrected chi connectivity index (χ4v) is 4.44. The molecule has 0 saturated carbocycles. The van der Waals surface area contributed by atoms with Crippen LogP contribution < -0.4 is 15.0 Å². The number of para-hydroxylation sites is 1. The topological polar surface area (TPSA) is 73.6 Å². The van der Waals surface area contributed by atoms with Gasteiger partial charge in [0.05, 0.1) is 29.1 Å². The van der Waals surface area contributed by atoms with Crippen molar-refractivity contribution in [1.29, 1.82) is 0 Å². The van der Waals surface area contributed by atoms with Crippen LogP contribution in [0, 0.1) is 0 Å². The van der Waals surface area contributed by atoms with E-state index >= 15 is 0 Å². The van der Waals surface area contributed by atoms with Gasteiger partial charge in [0.15, 0.2) is 16.7 Å². The quantitative estimate of drug-likeness (QED) is 0.470. The first-order valence-corrected chi connectivity index (χ1v) is 10.8. The molecular formula is C21H21ClN2O4S. The lowest BCUT2D eigenvalue weighted by atomic mass is 10.2. The maximum absolute atomic E-state index is 12.9. The first-order chi connectivity index (χ1) is 14.2. The summed E-state index contributed by atoms with van der Waals surface area (Å²) in [6.07, 6.45) is 1.30. The average Bonchev–Trinajstić information content (AvgIpc) is 2.98. The van der Waals surface area contributed by atoms with E-state index in [-0.39, 0.29) is 12.2 Å². The molecule has 0 bridgehead atoms. The second-order valence-electron chi connectivity index (χ2n) is 6.69. The Kier molecular flexibility index (Phi) is 6.28. The monoisotopic (exact) mass is 432 g/mol. The summed E-state index contributed by atoms with van der Waals surface area (Å²) in [5.74, 6) is 1.80. The molecule has 0 spiro atoms. The molecule has 6 nitrogen and oxygen atoms in total. The molecule has 0 unspecified atom stereocenters. The van der Waals surface area contributed by atoms with Crippen molar-refractivity contribution >= 4 is 34.3 Å². The van der Waals surface area contributed by atoms with Gasteiger partial charge in [-0.1, -0.05) is 35.5 Å². The summed E-state index contributed by atoms with van der Waals surface area (Å²) in [7, 11) is 0. The first-order valence-electron chi connectivity index (χ1n) is 9.48. The maximum atomic E-state index is 12.9. The van der Waals surface area contributed by atoms with Gasteiger partial charge in [-0.2, -0.15) is 0 Å². The Bertz CT molecular complexity index is 1090. The number of aliphatic hydroxyl groups is 1. The van der Waals surface area contributed by atoms with Crippen LogP contribution in [0.15, 0.2) is 46.3 Å². The first kappa shape index (κ1) is 20.1.